The molecule has 0 saturated heterocycles. The summed E-state index contributed by atoms with van der Waals surface area (Å²) in [5, 5.41) is 10.1. The van der Waals surface area contributed by atoms with E-state index in [9.17, 15) is 14.7 Å². The Kier molecular flexibility index (Phi) is 5.49. The maximum absolute atomic E-state index is 13.0. The Morgan fingerprint density at radius 2 is 1.63 bits per heavy atom. The maximum Gasteiger partial charge on any atom is 0.411 e. The molecule has 142 valence electrons. The van der Waals surface area contributed by atoms with Gasteiger partial charge < -0.3 is 9.84 Å². The molecule has 0 radical (unpaired) electrons. The second kappa shape index (κ2) is 7.82. The van der Waals surface area contributed by atoms with E-state index in [1.807, 2.05) is 68.4 Å². The van der Waals surface area contributed by atoms with Crippen LogP contribution in [0.4, 0.5) is 4.79 Å². The monoisotopic (exact) mass is 367 g/mol. The molecule has 1 atom stereocenters. The lowest BCUT2D eigenvalue weighted by Crippen LogP contribution is -2.61. The van der Waals surface area contributed by atoms with Gasteiger partial charge in [-0.2, -0.15) is 0 Å². The molecule has 5 heteroatoms. The van der Waals surface area contributed by atoms with E-state index in [1.54, 1.807) is 0 Å². The predicted molar refractivity (Wildman–Crippen MR) is 102 cm³/mol. The Bertz CT molecular complexity index is 793. The molecule has 0 fully saturated rings. The molecule has 1 aliphatic rings. The summed E-state index contributed by atoms with van der Waals surface area (Å²) in [5.41, 5.74) is 1.51. The highest BCUT2D eigenvalue weighted by molar-refractivity contribution is 5.86. The molecule has 5 nitrogen and oxygen atoms in total. The van der Waals surface area contributed by atoms with Crippen LogP contribution in [-0.4, -0.2) is 33.6 Å². The number of carbonyl (C=O) groups is 2. The molecule has 1 amide bonds. The van der Waals surface area contributed by atoms with Crippen molar-refractivity contribution in [2.24, 2.45) is 0 Å². The third kappa shape index (κ3) is 3.68. The number of amides is 1. The lowest BCUT2D eigenvalue weighted by Gasteiger charge is -2.40. The topological polar surface area (TPSA) is 66.8 Å². The summed E-state index contributed by atoms with van der Waals surface area (Å²) in [6.07, 6.45) is 0.654. The number of ether oxygens (including phenoxy) is 1. The summed E-state index contributed by atoms with van der Waals surface area (Å²) in [6, 6.07) is 16.8. The van der Waals surface area contributed by atoms with Gasteiger partial charge >= 0.3 is 12.1 Å². The third-order valence-electron chi connectivity index (χ3n) is 5.38. The number of nitrogens with zero attached hydrogens (tertiary/aromatic N) is 1. The van der Waals surface area contributed by atoms with Crippen molar-refractivity contribution in [2.45, 2.75) is 51.3 Å². The van der Waals surface area contributed by atoms with Gasteiger partial charge in [-0.05, 0) is 30.0 Å². The summed E-state index contributed by atoms with van der Waals surface area (Å²) in [5.74, 6) is -0.990. The van der Waals surface area contributed by atoms with Crippen LogP contribution in [0.25, 0.3) is 0 Å². The zero-order valence-corrected chi connectivity index (χ0v) is 15.7. The van der Waals surface area contributed by atoms with E-state index in [2.05, 4.69) is 0 Å². The molecular weight excluding hydrogens is 342 g/mol. The van der Waals surface area contributed by atoms with Gasteiger partial charge in [0.1, 0.15) is 6.61 Å². The highest BCUT2D eigenvalue weighted by Gasteiger charge is 2.52. The molecule has 0 heterocycles. The third-order valence-corrected chi connectivity index (χ3v) is 5.38. The van der Waals surface area contributed by atoms with Gasteiger partial charge in [-0.25, -0.2) is 9.59 Å². The minimum Gasteiger partial charge on any atom is -0.479 e. The average molecular weight is 367 g/mol. The van der Waals surface area contributed by atoms with E-state index in [0.717, 1.165) is 16.7 Å². The molecule has 0 aromatic heterocycles. The molecule has 1 aliphatic carbocycles. The minimum atomic E-state index is -1.31. The fourth-order valence-electron chi connectivity index (χ4n) is 3.77. The largest absolute Gasteiger partial charge is 0.479 e. The van der Waals surface area contributed by atoms with Crippen molar-refractivity contribution in [1.82, 2.24) is 4.90 Å². The van der Waals surface area contributed by atoms with Gasteiger partial charge in [-0.1, -0.05) is 61.5 Å². The molecule has 0 aliphatic heterocycles. The van der Waals surface area contributed by atoms with Crippen LogP contribution in [0, 0.1) is 0 Å². The van der Waals surface area contributed by atoms with Crippen LogP contribution in [0.2, 0.25) is 0 Å². The molecule has 0 bridgehead atoms. The lowest BCUT2D eigenvalue weighted by atomic mass is 9.91. The van der Waals surface area contributed by atoms with Crippen LogP contribution in [0.3, 0.4) is 0 Å². The van der Waals surface area contributed by atoms with E-state index in [4.69, 9.17) is 4.74 Å². The fraction of sp³-hybridized carbons (Fsp3) is 0.364. The standard InChI is InChI=1S/C22H25NO4/c1-3-16(2)23(21(26)27-15-17-9-5-4-6-10-17)22(20(24)25)13-18-11-7-8-12-19(18)14-22/h4-12,16H,3,13-15H2,1-2H3,(H,24,25). The molecule has 2 aromatic carbocycles. The number of fused-ring (bicyclic) bond motifs is 1. The van der Waals surface area contributed by atoms with Crippen LogP contribution < -0.4 is 0 Å². The van der Waals surface area contributed by atoms with Crippen LogP contribution in [0.1, 0.15) is 37.0 Å². The number of carbonyl (C=O) groups excluding carboxylic acids is 1. The first-order valence-electron chi connectivity index (χ1n) is 9.28. The number of aliphatic carboxylic acids is 1. The van der Waals surface area contributed by atoms with Crippen molar-refractivity contribution < 1.29 is 19.4 Å². The normalized spacial score (nSPS) is 15.6. The Morgan fingerprint density at radius 3 is 2.15 bits per heavy atom. The van der Waals surface area contributed by atoms with E-state index in [-0.39, 0.29) is 12.6 Å². The molecular formula is C22H25NO4. The minimum absolute atomic E-state index is 0.120. The number of hydrogen-bond acceptors (Lipinski definition) is 3. The smallest absolute Gasteiger partial charge is 0.411 e. The van der Waals surface area contributed by atoms with Gasteiger partial charge in [0.15, 0.2) is 5.54 Å². The van der Waals surface area contributed by atoms with Crippen molar-refractivity contribution in [3.05, 3.63) is 71.3 Å². The van der Waals surface area contributed by atoms with Crippen molar-refractivity contribution in [3.8, 4) is 0 Å². The van der Waals surface area contributed by atoms with Crippen LogP contribution >= 0.6 is 0 Å². The SMILES string of the molecule is CCC(C)N(C(=O)OCc1ccccc1)C1(C(=O)O)Cc2ccccc2C1. The van der Waals surface area contributed by atoms with Crippen LogP contribution in [0.5, 0.6) is 0 Å². The van der Waals surface area contributed by atoms with Crippen molar-refractivity contribution in [1.29, 1.82) is 0 Å². The Morgan fingerprint density at radius 1 is 1.07 bits per heavy atom. The van der Waals surface area contributed by atoms with Gasteiger partial charge in [0.25, 0.3) is 0 Å². The summed E-state index contributed by atoms with van der Waals surface area (Å²) in [4.78, 5) is 26.8. The van der Waals surface area contributed by atoms with E-state index < -0.39 is 17.6 Å². The van der Waals surface area contributed by atoms with Gasteiger partial charge in [0.05, 0.1) is 0 Å². The summed E-state index contributed by atoms with van der Waals surface area (Å²) >= 11 is 0. The van der Waals surface area contributed by atoms with E-state index in [1.165, 1.54) is 4.90 Å². The fourth-order valence-corrected chi connectivity index (χ4v) is 3.77. The van der Waals surface area contributed by atoms with E-state index in [0.29, 0.717) is 19.3 Å². The van der Waals surface area contributed by atoms with Crippen molar-refractivity contribution >= 4 is 12.1 Å². The van der Waals surface area contributed by atoms with Crippen molar-refractivity contribution in [2.75, 3.05) is 0 Å². The summed E-state index contributed by atoms with van der Waals surface area (Å²) < 4.78 is 5.52. The first-order chi connectivity index (χ1) is 13.0. The number of benzene rings is 2. The van der Waals surface area contributed by atoms with Crippen molar-refractivity contribution in [3.63, 3.8) is 0 Å². The van der Waals surface area contributed by atoms with Crippen LogP contribution in [0.15, 0.2) is 54.6 Å². The number of carboxylic acid groups (broad SMARTS) is 1. The Balaban J connectivity index is 1.88. The summed E-state index contributed by atoms with van der Waals surface area (Å²) in [7, 11) is 0. The molecule has 27 heavy (non-hydrogen) atoms. The molecule has 0 saturated carbocycles. The average Bonchev–Trinajstić information content (AvgIpc) is 3.07. The summed E-state index contributed by atoms with van der Waals surface area (Å²) in [6.45, 7) is 3.94. The number of carboxylic acids is 1. The maximum atomic E-state index is 13.0. The molecule has 3 rings (SSSR count). The first-order valence-corrected chi connectivity index (χ1v) is 9.28. The van der Waals surface area contributed by atoms with Gasteiger partial charge in [0.2, 0.25) is 0 Å². The second-order valence-corrected chi connectivity index (χ2v) is 7.13. The van der Waals surface area contributed by atoms with E-state index >= 15 is 0 Å². The lowest BCUT2D eigenvalue weighted by molar-refractivity contribution is -0.151. The predicted octanol–water partition coefficient (Wildman–Crippen LogP) is 4.05. The van der Waals surface area contributed by atoms with Crippen LogP contribution in [-0.2, 0) is 29.0 Å². The zero-order chi connectivity index (χ0) is 19.4. The highest BCUT2D eigenvalue weighted by atomic mass is 16.6. The Labute approximate surface area is 159 Å². The van der Waals surface area contributed by atoms with Gasteiger partial charge in [-0.15, -0.1) is 0 Å². The zero-order valence-electron chi connectivity index (χ0n) is 15.7. The van der Waals surface area contributed by atoms with Gasteiger partial charge in [0, 0.05) is 18.9 Å². The first kappa shape index (κ1) is 19.0. The Hall–Kier alpha value is -2.82. The number of hydrogen-bond donors (Lipinski definition) is 1. The van der Waals surface area contributed by atoms with Gasteiger partial charge in [-0.3, -0.25) is 4.90 Å². The number of rotatable bonds is 6. The molecule has 1 N–H and O–H groups in total. The molecule has 2 aromatic rings. The molecule has 1 unspecified atom stereocenters. The molecule has 0 spiro atoms. The highest BCUT2D eigenvalue weighted by Crippen LogP contribution is 2.37. The quantitative estimate of drug-likeness (QED) is 0.836. The second-order valence-electron chi connectivity index (χ2n) is 7.13.